The number of rotatable bonds is 7. The van der Waals surface area contributed by atoms with Gasteiger partial charge in [-0.1, -0.05) is 25.1 Å². The van der Waals surface area contributed by atoms with Crippen molar-refractivity contribution in [3.8, 4) is 11.5 Å². The number of amides is 1. The molecule has 5 heteroatoms. The minimum atomic E-state index is -0.218. The molecular formula is C22H24N2O3. The van der Waals surface area contributed by atoms with Crippen LogP contribution in [0.15, 0.2) is 48.7 Å². The van der Waals surface area contributed by atoms with Gasteiger partial charge in [0.25, 0.3) is 5.91 Å². The molecule has 1 aromatic heterocycles. The number of carbonyl (C=O) groups excluding carboxylic acids is 1. The van der Waals surface area contributed by atoms with Crippen LogP contribution >= 0.6 is 0 Å². The van der Waals surface area contributed by atoms with Crippen LogP contribution in [0, 0.1) is 13.8 Å². The molecule has 2 aromatic carbocycles. The third-order valence-electron chi connectivity index (χ3n) is 4.22. The standard InChI is InChI=1S/C22H24N2O3/c1-4-13-26-19-11-10-18(17-9-6-12-23-21(17)19)24-20(25)14-27-22-15(2)7-5-8-16(22)3/h5-12H,4,13-14H2,1-3H3,(H,24,25). The lowest BCUT2D eigenvalue weighted by atomic mass is 10.1. The second-order valence-corrected chi connectivity index (χ2v) is 6.42. The number of nitrogens with zero attached hydrogens (tertiary/aromatic N) is 1. The van der Waals surface area contributed by atoms with Gasteiger partial charge in [-0.2, -0.15) is 0 Å². The fraction of sp³-hybridized carbons (Fsp3) is 0.273. The van der Waals surface area contributed by atoms with Gasteiger partial charge in [0.2, 0.25) is 0 Å². The molecule has 1 amide bonds. The number of anilines is 1. The van der Waals surface area contributed by atoms with Crippen molar-refractivity contribution in [2.75, 3.05) is 18.5 Å². The Balaban J connectivity index is 1.75. The van der Waals surface area contributed by atoms with Gasteiger partial charge in [0.15, 0.2) is 6.61 Å². The highest BCUT2D eigenvalue weighted by Gasteiger charge is 2.12. The number of hydrogen-bond donors (Lipinski definition) is 1. The highest BCUT2D eigenvalue weighted by Crippen LogP contribution is 2.30. The molecule has 0 fully saturated rings. The number of pyridine rings is 1. The van der Waals surface area contributed by atoms with E-state index in [9.17, 15) is 4.79 Å². The second-order valence-electron chi connectivity index (χ2n) is 6.42. The summed E-state index contributed by atoms with van der Waals surface area (Å²) in [6.45, 7) is 6.56. The Bertz CT molecular complexity index is 933. The van der Waals surface area contributed by atoms with Gasteiger partial charge in [0.05, 0.1) is 12.3 Å². The first-order valence-electron chi connectivity index (χ1n) is 9.09. The monoisotopic (exact) mass is 364 g/mol. The summed E-state index contributed by atoms with van der Waals surface area (Å²) in [4.78, 5) is 16.8. The minimum Gasteiger partial charge on any atom is -0.491 e. The first-order chi connectivity index (χ1) is 13.1. The number of fused-ring (bicyclic) bond motifs is 1. The maximum Gasteiger partial charge on any atom is 0.262 e. The average Bonchev–Trinajstić information content (AvgIpc) is 2.67. The van der Waals surface area contributed by atoms with E-state index in [1.165, 1.54) is 0 Å². The molecule has 0 spiro atoms. The highest BCUT2D eigenvalue weighted by atomic mass is 16.5. The number of benzene rings is 2. The van der Waals surface area contributed by atoms with E-state index < -0.39 is 0 Å². The zero-order chi connectivity index (χ0) is 19.2. The summed E-state index contributed by atoms with van der Waals surface area (Å²) < 4.78 is 11.5. The molecule has 140 valence electrons. The molecule has 5 nitrogen and oxygen atoms in total. The molecular weight excluding hydrogens is 340 g/mol. The molecule has 0 radical (unpaired) electrons. The summed E-state index contributed by atoms with van der Waals surface area (Å²) >= 11 is 0. The Morgan fingerprint density at radius 2 is 1.81 bits per heavy atom. The van der Waals surface area contributed by atoms with E-state index >= 15 is 0 Å². The Morgan fingerprint density at radius 1 is 1.04 bits per heavy atom. The van der Waals surface area contributed by atoms with Crippen LogP contribution < -0.4 is 14.8 Å². The quantitative estimate of drug-likeness (QED) is 0.662. The summed E-state index contributed by atoms with van der Waals surface area (Å²) in [7, 11) is 0. The van der Waals surface area contributed by atoms with Crippen molar-refractivity contribution in [3.63, 3.8) is 0 Å². The van der Waals surface area contributed by atoms with Crippen LogP contribution in [-0.2, 0) is 4.79 Å². The van der Waals surface area contributed by atoms with Crippen molar-refractivity contribution >= 4 is 22.5 Å². The van der Waals surface area contributed by atoms with Crippen LogP contribution in [0.2, 0.25) is 0 Å². The van der Waals surface area contributed by atoms with Crippen LogP contribution in [0.3, 0.4) is 0 Å². The number of hydrogen-bond acceptors (Lipinski definition) is 4. The molecule has 0 bridgehead atoms. The lowest BCUT2D eigenvalue weighted by Crippen LogP contribution is -2.21. The molecule has 3 rings (SSSR count). The highest BCUT2D eigenvalue weighted by molar-refractivity contribution is 6.03. The van der Waals surface area contributed by atoms with Crippen LogP contribution in [0.5, 0.6) is 11.5 Å². The SMILES string of the molecule is CCCOc1ccc(NC(=O)COc2c(C)cccc2C)c2cccnc12. The molecule has 3 aromatic rings. The lowest BCUT2D eigenvalue weighted by molar-refractivity contribution is -0.118. The molecule has 0 atom stereocenters. The van der Waals surface area contributed by atoms with Crippen LogP contribution in [0.25, 0.3) is 10.9 Å². The largest absolute Gasteiger partial charge is 0.491 e. The number of nitrogens with one attached hydrogen (secondary N) is 1. The van der Waals surface area contributed by atoms with Crippen molar-refractivity contribution in [2.45, 2.75) is 27.2 Å². The maximum atomic E-state index is 12.4. The molecule has 0 saturated heterocycles. The fourth-order valence-corrected chi connectivity index (χ4v) is 2.94. The smallest absolute Gasteiger partial charge is 0.262 e. The van der Waals surface area contributed by atoms with Crippen molar-refractivity contribution in [1.29, 1.82) is 0 Å². The number of aryl methyl sites for hydroxylation is 2. The number of ether oxygens (including phenoxy) is 2. The van der Waals surface area contributed by atoms with Crippen molar-refractivity contribution < 1.29 is 14.3 Å². The van der Waals surface area contributed by atoms with E-state index in [2.05, 4.69) is 17.2 Å². The van der Waals surface area contributed by atoms with Gasteiger partial charge in [-0.05, 0) is 55.7 Å². The zero-order valence-electron chi connectivity index (χ0n) is 15.9. The summed E-state index contributed by atoms with van der Waals surface area (Å²) in [6.07, 6.45) is 2.64. The Hall–Kier alpha value is -3.08. The molecule has 0 aliphatic rings. The Labute approximate surface area is 159 Å². The van der Waals surface area contributed by atoms with Crippen LogP contribution in [0.1, 0.15) is 24.5 Å². The molecule has 0 aliphatic carbocycles. The molecule has 0 saturated carbocycles. The first-order valence-corrected chi connectivity index (χ1v) is 9.09. The molecule has 1 N–H and O–H groups in total. The van der Waals surface area contributed by atoms with E-state index in [0.29, 0.717) is 12.3 Å². The van der Waals surface area contributed by atoms with E-state index in [4.69, 9.17) is 9.47 Å². The van der Waals surface area contributed by atoms with Crippen molar-refractivity contribution in [2.24, 2.45) is 0 Å². The lowest BCUT2D eigenvalue weighted by Gasteiger charge is -2.14. The van der Waals surface area contributed by atoms with Gasteiger partial charge < -0.3 is 14.8 Å². The molecule has 27 heavy (non-hydrogen) atoms. The predicted octanol–water partition coefficient (Wildman–Crippen LogP) is 4.66. The van der Waals surface area contributed by atoms with Gasteiger partial charge in [0, 0.05) is 11.6 Å². The predicted molar refractivity (Wildman–Crippen MR) is 108 cm³/mol. The second kappa shape index (κ2) is 8.54. The number of para-hydroxylation sites is 1. The van der Waals surface area contributed by atoms with E-state index in [0.717, 1.165) is 39.9 Å². The summed E-state index contributed by atoms with van der Waals surface area (Å²) in [6, 6.07) is 13.3. The Kier molecular flexibility index (Phi) is 5.91. The summed E-state index contributed by atoms with van der Waals surface area (Å²) in [5.41, 5.74) is 3.45. The maximum absolute atomic E-state index is 12.4. The molecule has 1 heterocycles. The van der Waals surface area contributed by atoms with E-state index in [1.54, 1.807) is 6.20 Å². The normalized spacial score (nSPS) is 10.6. The average molecular weight is 364 g/mol. The van der Waals surface area contributed by atoms with Gasteiger partial charge in [-0.15, -0.1) is 0 Å². The zero-order valence-corrected chi connectivity index (χ0v) is 15.9. The van der Waals surface area contributed by atoms with E-state index in [-0.39, 0.29) is 12.5 Å². The van der Waals surface area contributed by atoms with Gasteiger partial charge >= 0.3 is 0 Å². The van der Waals surface area contributed by atoms with E-state index in [1.807, 2.05) is 56.3 Å². The van der Waals surface area contributed by atoms with Crippen molar-refractivity contribution in [3.05, 3.63) is 59.8 Å². The third-order valence-corrected chi connectivity index (χ3v) is 4.22. The van der Waals surface area contributed by atoms with Gasteiger partial charge in [0.1, 0.15) is 17.0 Å². The number of carbonyl (C=O) groups is 1. The summed E-state index contributed by atoms with van der Waals surface area (Å²) in [5, 5.41) is 3.76. The van der Waals surface area contributed by atoms with Gasteiger partial charge in [-0.25, -0.2) is 0 Å². The minimum absolute atomic E-state index is 0.0540. The van der Waals surface area contributed by atoms with Crippen LogP contribution in [-0.4, -0.2) is 24.1 Å². The van der Waals surface area contributed by atoms with Crippen LogP contribution in [0.4, 0.5) is 5.69 Å². The van der Waals surface area contributed by atoms with Gasteiger partial charge in [-0.3, -0.25) is 9.78 Å². The topological polar surface area (TPSA) is 60.5 Å². The first kappa shape index (κ1) is 18.7. The fourth-order valence-electron chi connectivity index (χ4n) is 2.94. The third kappa shape index (κ3) is 4.37. The molecule has 0 unspecified atom stereocenters. The molecule has 0 aliphatic heterocycles. The summed E-state index contributed by atoms with van der Waals surface area (Å²) in [5.74, 6) is 1.25. The Morgan fingerprint density at radius 3 is 2.56 bits per heavy atom. The van der Waals surface area contributed by atoms with Crippen molar-refractivity contribution in [1.82, 2.24) is 4.98 Å². The number of aromatic nitrogens is 1.